The van der Waals surface area contributed by atoms with Crippen LogP contribution >= 0.6 is 28.1 Å². The van der Waals surface area contributed by atoms with E-state index < -0.39 is 0 Å². The van der Waals surface area contributed by atoms with Crippen LogP contribution in [0.15, 0.2) is 41.1 Å². The van der Waals surface area contributed by atoms with E-state index in [0.717, 1.165) is 15.5 Å². The Morgan fingerprint density at radius 1 is 1.33 bits per heavy atom. The molecule has 2 heterocycles. The van der Waals surface area contributed by atoms with E-state index >= 15 is 0 Å². The minimum atomic E-state index is -0.327. The zero-order valence-corrected chi connectivity index (χ0v) is 11.4. The van der Waals surface area contributed by atoms with Gasteiger partial charge in [0, 0.05) is 10.7 Å². The van der Waals surface area contributed by atoms with Crippen LogP contribution in [0.3, 0.4) is 0 Å². The van der Waals surface area contributed by atoms with Crippen LogP contribution in [-0.4, -0.2) is 14.5 Å². The number of nitrogens with zero attached hydrogens (tertiary/aromatic N) is 2. The van der Waals surface area contributed by atoms with Crippen molar-refractivity contribution in [3.8, 4) is 5.69 Å². The third kappa shape index (κ3) is 1.77. The molecule has 2 aromatic heterocycles. The Morgan fingerprint density at radius 2 is 2.17 bits per heavy atom. The zero-order chi connectivity index (χ0) is 12.7. The summed E-state index contributed by atoms with van der Waals surface area (Å²) in [5, 5.41) is 0. The van der Waals surface area contributed by atoms with Gasteiger partial charge < -0.3 is 4.98 Å². The highest BCUT2D eigenvalue weighted by atomic mass is 79.9. The summed E-state index contributed by atoms with van der Waals surface area (Å²) < 4.78 is 16.8. The van der Waals surface area contributed by atoms with Crippen LogP contribution in [0.5, 0.6) is 0 Å². The van der Waals surface area contributed by atoms with Gasteiger partial charge in [0.2, 0.25) is 0 Å². The maximum absolute atomic E-state index is 13.9. The Kier molecular flexibility index (Phi) is 2.76. The first-order valence-corrected chi connectivity index (χ1v) is 6.37. The highest BCUT2D eigenvalue weighted by molar-refractivity contribution is 9.10. The molecule has 0 fully saturated rings. The standard InChI is InChI=1S/C12H7BrFN3S/c13-7-1-2-8(14)11(5-7)17-10-3-4-15-6-9(10)16-12(17)18/h1-6H,(H,16,18). The lowest BCUT2D eigenvalue weighted by Crippen LogP contribution is -1.97. The molecule has 0 saturated heterocycles. The molecule has 3 nitrogen and oxygen atoms in total. The average Bonchev–Trinajstić information content (AvgIpc) is 2.68. The first-order chi connectivity index (χ1) is 8.66. The van der Waals surface area contributed by atoms with Crippen molar-refractivity contribution in [3.63, 3.8) is 0 Å². The highest BCUT2D eigenvalue weighted by Gasteiger charge is 2.10. The van der Waals surface area contributed by atoms with Crippen LogP contribution < -0.4 is 0 Å². The van der Waals surface area contributed by atoms with Crippen molar-refractivity contribution in [1.82, 2.24) is 14.5 Å². The lowest BCUT2D eigenvalue weighted by molar-refractivity contribution is 0.618. The topological polar surface area (TPSA) is 33.6 Å². The van der Waals surface area contributed by atoms with Crippen molar-refractivity contribution < 1.29 is 4.39 Å². The molecule has 18 heavy (non-hydrogen) atoms. The fourth-order valence-electron chi connectivity index (χ4n) is 1.86. The van der Waals surface area contributed by atoms with Crippen molar-refractivity contribution in [2.75, 3.05) is 0 Å². The van der Waals surface area contributed by atoms with Gasteiger partial charge >= 0.3 is 0 Å². The molecule has 90 valence electrons. The maximum Gasteiger partial charge on any atom is 0.182 e. The summed E-state index contributed by atoms with van der Waals surface area (Å²) in [5.41, 5.74) is 1.99. The maximum atomic E-state index is 13.9. The number of H-pyrrole nitrogens is 1. The van der Waals surface area contributed by atoms with Crippen molar-refractivity contribution in [2.45, 2.75) is 0 Å². The molecule has 0 aliphatic carbocycles. The Hall–Kier alpha value is -1.53. The van der Waals surface area contributed by atoms with Gasteiger partial charge in [-0.15, -0.1) is 0 Å². The summed E-state index contributed by atoms with van der Waals surface area (Å²) in [4.78, 5) is 7.01. The van der Waals surface area contributed by atoms with Gasteiger partial charge in [0.25, 0.3) is 0 Å². The molecule has 3 aromatic rings. The number of aromatic nitrogens is 3. The second-order valence-electron chi connectivity index (χ2n) is 3.75. The second-order valence-corrected chi connectivity index (χ2v) is 5.06. The SMILES string of the molecule is Fc1ccc(Br)cc1-n1c(=S)[nH]c2cnccc21. The van der Waals surface area contributed by atoms with E-state index in [9.17, 15) is 4.39 Å². The molecule has 0 atom stereocenters. The van der Waals surface area contributed by atoms with Gasteiger partial charge in [-0.3, -0.25) is 9.55 Å². The Morgan fingerprint density at radius 3 is 3.00 bits per heavy atom. The number of hydrogen-bond acceptors (Lipinski definition) is 2. The number of imidazole rings is 1. The van der Waals surface area contributed by atoms with Crippen LogP contribution in [0.25, 0.3) is 16.7 Å². The summed E-state index contributed by atoms with van der Waals surface area (Å²) in [6, 6.07) is 6.54. The van der Waals surface area contributed by atoms with Crippen LogP contribution in [0.4, 0.5) is 4.39 Å². The highest BCUT2D eigenvalue weighted by Crippen LogP contribution is 2.23. The average molecular weight is 324 g/mol. The number of aromatic amines is 1. The molecule has 0 aliphatic heterocycles. The van der Waals surface area contributed by atoms with E-state index in [1.165, 1.54) is 6.07 Å². The van der Waals surface area contributed by atoms with Gasteiger partial charge in [0.05, 0.1) is 22.9 Å². The molecular weight excluding hydrogens is 317 g/mol. The lowest BCUT2D eigenvalue weighted by Gasteiger charge is -2.06. The van der Waals surface area contributed by atoms with Gasteiger partial charge in [0.1, 0.15) is 5.82 Å². The van der Waals surface area contributed by atoms with E-state index in [2.05, 4.69) is 25.9 Å². The molecule has 1 aromatic carbocycles. The molecule has 0 radical (unpaired) electrons. The molecule has 0 unspecified atom stereocenters. The van der Waals surface area contributed by atoms with E-state index in [0.29, 0.717) is 10.5 Å². The second kappa shape index (κ2) is 4.29. The van der Waals surface area contributed by atoms with Crippen molar-refractivity contribution in [1.29, 1.82) is 0 Å². The zero-order valence-electron chi connectivity index (χ0n) is 9.02. The van der Waals surface area contributed by atoms with E-state index in [-0.39, 0.29) is 5.82 Å². The number of benzene rings is 1. The van der Waals surface area contributed by atoms with E-state index in [1.807, 2.05) is 0 Å². The molecule has 0 spiro atoms. The molecule has 0 saturated carbocycles. The molecule has 1 N–H and O–H groups in total. The van der Waals surface area contributed by atoms with E-state index in [1.54, 1.807) is 35.2 Å². The monoisotopic (exact) mass is 323 g/mol. The number of pyridine rings is 1. The van der Waals surface area contributed by atoms with Gasteiger partial charge in [0.15, 0.2) is 4.77 Å². The normalized spacial score (nSPS) is 11.0. The number of halogens is 2. The Bertz CT molecular complexity index is 793. The van der Waals surface area contributed by atoms with Crippen molar-refractivity contribution in [3.05, 3.63) is 51.7 Å². The molecular formula is C12H7BrFN3S. The van der Waals surface area contributed by atoms with Crippen LogP contribution in [0.2, 0.25) is 0 Å². The molecule has 6 heteroatoms. The molecule has 0 aliphatic rings. The van der Waals surface area contributed by atoms with Gasteiger partial charge in [-0.05, 0) is 36.5 Å². The summed E-state index contributed by atoms with van der Waals surface area (Å²) in [6.45, 7) is 0. The number of fused-ring (bicyclic) bond motifs is 1. The summed E-state index contributed by atoms with van der Waals surface area (Å²) in [6.07, 6.45) is 3.31. The molecule has 0 amide bonds. The van der Waals surface area contributed by atoms with Crippen molar-refractivity contribution in [2.24, 2.45) is 0 Å². The van der Waals surface area contributed by atoms with Gasteiger partial charge in [-0.1, -0.05) is 15.9 Å². The Labute approximate surface area is 115 Å². The molecule has 3 rings (SSSR count). The predicted octanol–water partition coefficient (Wildman–Crippen LogP) is 3.98. The van der Waals surface area contributed by atoms with Crippen molar-refractivity contribution >= 4 is 39.2 Å². The third-order valence-corrected chi connectivity index (χ3v) is 3.41. The largest absolute Gasteiger partial charge is 0.329 e. The van der Waals surface area contributed by atoms with Gasteiger partial charge in [-0.2, -0.15) is 0 Å². The minimum Gasteiger partial charge on any atom is -0.329 e. The quantitative estimate of drug-likeness (QED) is 0.687. The number of hydrogen-bond donors (Lipinski definition) is 1. The predicted molar refractivity (Wildman–Crippen MR) is 73.9 cm³/mol. The van der Waals surface area contributed by atoms with Gasteiger partial charge in [-0.25, -0.2) is 4.39 Å². The third-order valence-electron chi connectivity index (χ3n) is 2.63. The van der Waals surface area contributed by atoms with Crippen LogP contribution in [-0.2, 0) is 0 Å². The fraction of sp³-hybridized carbons (Fsp3) is 0. The van der Waals surface area contributed by atoms with Crippen LogP contribution in [0.1, 0.15) is 0 Å². The summed E-state index contributed by atoms with van der Waals surface area (Å²) >= 11 is 8.57. The number of rotatable bonds is 1. The minimum absolute atomic E-state index is 0.327. The first-order valence-electron chi connectivity index (χ1n) is 5.17. The van der Waals surface area contributed by atoms with E-state index in [4.69, 9.17) is 12.2 Å². The first kappa shape index (κ1) is 11.6. The smallest absolute Gasteiger partial charge is 0.182 e. The van der Waals surface area contributed by atoms with Crippen LogP contribution in [0, 0.1) is 10.6 Å². The fourth-order valence-corrected chi connectivity index (χ4v) is 2.51. The Balaban J connectivity index is 2.41. The molecule has 0 bridgehead atoms. The number of nitrogens with one attached hydrogen (secondary N) is 1. The lowest BCUT2D eigenvalue weighted by atomic mass is 10.3. The summed E-state index contributed by atoms with van der Waals surface area (Å²) in [7, 11) is 0. The summed E-state index contributed by atoms with van der Waals surface area (Å²) in [5.74, 6) is -0.327.